The van der Waals surface area contributed by atoms with Crippen LogP contribution in [0.3, 0.4) is 0 Å². The van der Waals surface area contributed by atoms with Crippen LogP contribution >= 0.6 is 0 Å². The van der Waals surface area contributed by atoms with Crippen LogP contribution in [-0.2, 0) is 11.4 Å². The molecule has 0 fully saturated rings. The normalized spacial score (nSPS) is 14.0. The Hall–Kier alpha value is -1.93. The summed E-state index contributed by atoms with van der Waals surface area (Å²) in [4.78, 5) is 8.34. The molecule has 1 atom stereocenters. The predicted octanol–water partition coefficient (Wildman–Crippen LogP) is 1.94. The maximum absolute atomic E-state index is 12.2. The number of hydrogen-bond donors (Lipinski definition) is 0. The quantitative estimate of drug-likeness (QED) is 0.634. The highest BCUT2D eigenvalue weighted by molar-refractivity contribution is 7.91. The van der Waals surface area contributed by atoms with Crippen LogP contribution in [0.5, 0.6) is 5.88 Å². The van der Waals surface area contributed by atoms with Gasteiger partial charge in [-0.05, 0) is 33.8 Å². The summed E-state index contributed by atoms with van der Waals surface area (Å²) in [6, 6.07) is 3.44. The molecule has 0 aliphatic carbocycles. The number of methoxy groups -OCH3 is 1. The third-order valence-corrected chi connectivity index (χ3v) is 4.24. The lowest BCUT2D eigenvalue weighted by atomic mass is 10.3. The van der Waals surface area contributed by atoms with Gasteiger partial charge in [0.25, 0.3) is 5.95 Å². The molecule has 0 amide bonds. The smallest absolute Gasteiger partial charge is 0.251 e. The number of hydrogen-bond acceptors (Lipinski definition) is 6. The Bertz CT molecular complexity index is 664. The first-order chi connectivity index (χ1) is 10.3. The molecule has 118 valence electrons. The summed E-state index contributed by atoms with van der Waals surface area (Å²) in [5.41, 5.74) is 1.22. The summed E-state index contributed by atoms with van der Waals surface area (Å²) in [6.07, 6.45) is 3.25. The predicted molar refractivity (Wildman–Crippen MR) is 85.8 cm³/mol. The van der Waals surface area contributed by atoms with Gasteiger partial charge in [-0.3, -0.25) is 0 Å². The summed E-state index contributed by atoms with van der Waals surface area (Å²) in [6.45, 7) is 7.40. The second-order valence-corrected chi connectivity index (χ2v) is 7.48. The Labute approximate surface area is 132 Å². The van der Waals surface area contributed by atoms with Crippen molar-refractivity contribution in [3.8, 4) is 11.8 Å². The van der Waals surface area contributed by atoms with Crippen molar-refractivity contribution in [2.24, 2.45) is 4.40 Å². The molecular weight excluding hydrogens is 302 g/mol. The van der Waals surface area contributed by atoms with E-state index in [4.69, 9.17) is 4.74 Å². The molecule has 0 aliphatic rings. The molecule has 22 heavy (non-hydrogen) atoms. The van der Waals surface area contributed by atoms with Crippen molar-refractivity contribution < 1.29 is 9.29 Å². The van der Waals surface area contributed by atoms with Gasteiger partial charge in [0, 0.05) is 18.5 Å². The minimum atomic E-state index is -1.36. The fourth-order valence-corrected chi connectivity index (χ4v) is 2.19. The van der Waals surface area contributed by atoms with E-state index in [1.54, 1.807) is 31.5 Å². The molecule has 0 aliphatic heterocycles. The standard InChI is InChI=1S/C14H19N5O2S/c1-10(18-22(20)14(2,3)4)11-9-12(21-5)17-19(11)13-15-7-6-8-16-13/h6-9H,1-5H3. The van der Waals surface area contributed by atoms with Crippen LogP contribution in [0.25, 0.3) is 5.95 Å². The Morgan fingerprint density at radius 1 is 1.32 bits per heavy atom. The van der Waals surface area contributed by atoms with Gasteiger partial charge in [0.2, 0.25) is 5.88 Å². The van der Waals surface area contributed by atoms with Crippen molar-refractivity contribution in [1.82, 2.24) is 19.7 Å². The van der Waals surface area contributed by atoms with Gasteiger partial charge < -0.3 is 9.29 Å². The van der Waals surface area contributed by atoms with Crippen LogP contribution in [0.2, 0.25) is 0 Å². The van der Waals surface area contributed by atoms with Gasteiger partial charge in [0.1, 0.15) is 21.8 Å². The van der Waals surface area contributed by atoms with E-state index in [2.05, 4.69) is 19.5 Å². The van der Waals surface area contributed by atoms with Crippen molar-refractivity contribution in [2.45, 2.75) is 32.4 Å². The van der Waals surface area contributed by atoms with Crippen LogP contribution in [-0.4, -0.2) is 41.9 Å². The first-order valence-electron chi connectivity index (χ1n) is 6.72. The minimum absolute atomic E-state index is 0.400. The molecule has 0 saturated heterocycles. The lowest BCUT2D eigenvalue weighted by Crippen LogP contribution is -2.27. The fraction of sp³-hybridized carbons (Fsp3) is 0.429. The van der Waals surface area contributed by atoms with E-state index >= 15 is 0 Å². The van der Waals surface area contributed by atoms with Gasteiger partial charge in [-0.2, -0.15) is 4.68 Å². The topological polar surface area (TPSA) is 88.2 Å². The van der Waals surface area contributed by atoms with Crippen molar-refractivity contribution in [3.05, 3.63) is 30.2 Å². The number of ether oxygens (including phenoxy) is 1. The van der Waals surface area contributed by atoms with Gasteiger partial charge in [-0.1, -0.05) is 4.40 Å². The second-order valence-electron chi connectivity index (χ2n) is 5.57. The summed E-state index contributed by atoms with van der Waals surface area (Å²) in [5.74, 6) is 0.815. The van der Waals surface area contributed by atoms with Gasteiger partial charge in [0.15, 0.2) is 0 Å². The van der Waals surface area contributed by atoms with Crippen LogP contribution in [0, 0.1) is 0 Å². The Kier molecular flexibility index (Phi) is 4.82. The Balaban J connectivity index is 2.47. The number of aromatic nitrogens is 4. The molecule has 0 saturated carbocycles. The highest BCUT2D eigenvalue weighted by Gasteiger charge is 2.27. The minimum Gasteiger partial charge on any atom is -0.591 e. The molecule has 2 aromatic heterocycles. The van der Waals surface area contributed by atoms with Gasteiger partial charge in [0.05, 0.1) is 12.8 Å². The fourth-order valence-electron chi connectivity index (χ4n) is 1.58. The first-order valence-corrected chi connectivity index (χ1v) is 7.82. The SMILES string of the molecule is COc1cc(C(C)=N[S+]([O-])C(C)(C)C)n(-c2ncccn2)n1. The average Bonchev–Trinajstić information content (AvgIpc) is 2.91. The van der Waals surface area contributed by atoms with Crippen molar-refractivity contribution in [3.63, 3.8) is 0 Å². The molecule has 2 heterocycles. The van der Waals surface area contributed by atoms with E-state index in [1.165, 1.54) is 11.8 Å². The lowest BCUT2D eigenvalue weighted by molar-refractivity contribution is 0.393. The summed E-state index contributed by atoms with van der Waals surface area (Å²) in [7, 11) is 1.53. The molecule has 2 aromatic rings. The van der Waals surface area contributed by atoms with E-state index in [9.17, 15) is 4.55 Å². The lowest BCUT2D eigenvalue weighted by Gasteiger charge is -2.18. The van der Waals surface area contributed by atoms with E-state index in [0.717, 1.165) is 0 Å². The highest BCUT2D eigenvalue weighted by atomic mass is 32.2. The van der Waals surface area contributed by atoms with Crippen LogP contribution in [0.4, 0.5) is 0 Å². The molecule has 0 N–H and O–H groups in total. The Morgan fingerprint density at radius 3 is 2.50 bits per heavy atom. The maximum atomic E-state index is 12.2. The molecule has 8 heteroatoms. The van der Waals surface area contributed by atoms with E-state index in [0.29, 0.717) is 23.2 Å². The molecular formula is C14H19N5O2S. The second kappa shape index (κ2) is 6.45. The van der Waals surface area contributed by atoms with Gasteiger partial charge >= 0.3 is 0 Å². The van der Waals surface area contributed by atoms with Crippen molar-refractivity contribution in [1.29, 1.82) is 0 Å². The van der Waals surface area contributed by atoms with E-state index in [1.807, 2.05) is 20.8 Å². The maximum Gasteiger partial charge on any atom is 0.251 e. The van der Waals surface area contributed by atoms with Crippen LogP contribution in [0.1, 0.15) is 33.4 Å². The monoisotopic (exact) mass is 321 g/mol. The first kappa shape index (κ1) is 16.4. The van der Waals surface area contributed by atoms with Crippen LogP contribution < -0.4 is 4.74 Å². The third kappa shape index (κ3) is 3.63. The van der Waals surface area contributed by atoms with Crippen LogP contribution in [0.15, 0.2) is 28.9 Å². The third-order valence-electron chi connectivity index (χ3n) is 2.75. The van der Waals surface area contributed by atoms with Gasteiger partial charge in [-0.15, -0.1) is 5.10 Å². The molecule has 1 unspecified atom stereocenters. The zero-order chi connectivity index (χ0) is 16.3. The highest BCUT2D eigenvalue weighted by Crippen LogP contribution is 2.20. The molecule has 0 aromatic carbocycles. The zero-order valence-corrected chi connectivity index (χ0v) is 14.1. The zero-order valence-electron chi connectivity index (χ0n) is 13.3. The van der Waals surface area contributed by atoms with Gasteiger partial charge in [-0.25, -0.2) is 9.97 Å². The molecule has 7 nitrogen and oxygen atoms in total. The molecule has 2 rings (SSSR count). The average molecular weight is 321 g/mol. The largest absolute Gasteiger partial charge is 0.591 e. The summed E-state index contributed by atoms with van der Waals surface area (Å²) >= 11 is -1.36. The van der Waals surface area contributed by atoms with Crippen molar-refractivity contribution in [2.75, 3.05) is 7.11 Å². The number of nitrogens with zero attached hydrogens (tertiary/aromatic N) is 5. The Morgan fingerprint density at radius 2 is 1.95 bits per heavy atom. The van der Waals surface area contributed by atoms with E-state index in [-0.39, 0.29) is 0 Å². The molecule has 0 bridgehead atoms. The molecule has 0 spiro atoms. The van der Waals surface area contributed by atoms with Crippen molar-refractivity contribution >= 4 is 17.1 Å². The van der Waals surface area contributed by atoms with E-state index < -0.39 is 16.1 Å². The molecule has 0 radical (unpaired) electrons. The summed E-state index contributed by atoms with van der Waals surface area (Å²) < 4.78 is 22.7. The number of rotatable bonds is 4. The summed E-state index contributed by atoms with van der Waals surface area (Å²) in [5, 5.41) is 4.28.